The molecule has 132 valence electrons. The zero-order valence-electron chi connectivity index (χ0n) is 17.5. The largest absolute Gasteiger partial charge is 0.0628 e. The predicted octanol–water partition coefficient (Wildman–Crippen LogP) is 7.29. The van der Waals surface area contributed by atoms with Crippen LogP contribution in [0, 0.1) is 52.3 Å². The molecule has 1 aliphatic carbocycles. The molecule has 0 heterocycles. The second kappa shape index (κ2) is 6.86. The molecule has 0 amide bonds. The van der Waals surface area contributed by atoms with Gasteiger partial charge in [-0.3, -0.25) is 0 Å². The summed E-state index contributed by atoms with van der Waals surface area (Å²) in [6, 6.07) is 0. The molecule has 0 aliphatic heterocycles. The zero-order chi connectivity index (χ0) is 17.5. The van der Waals surface area contributed by atoms with Crippen molar-refractivity contribution in [2.75, 3.05) is 0 Å². The summed E-state index contributed by atoms with van der Waals surface area (Å²) in [5.41, 5.74) is 0.980. The first-order chi connectivity index (χ1) is 9.86. The fraction of sp³-hybridized carbons (Fsp3) is 1.00. The van der Waals surface area contributed by atoms with Gasteiger partial charge in [0.15, 0.2) is 0 Å². The van der Waals surface area contributed by atoms with Crippen molar-refractivity contribution in [3.8, 4) is 0 Å². The van der Waals surface area contributed by atoms with Gasteiger partial charge in [0.25, 0.3) is 0 Å². The molecule has 1 aliphatic rings. The summed E-state index contributed by atoms with van der Waals surface area (Å²) in [4.78, 5) is 0. The molecule has 22 heavy (non-hydrogen) atoms. The molecular weight excluding hydrogens is 264 g/mol. The van der Waals surface area contributed by atoms with E-state index in [4.69, 9.17) is 0 Å². The van der Waals surface area contributed by atoms with E-state index in [1.807, 2.05) is 0 Å². The van der Waals surface area contributed by atoms with Crippen LogP contribution in [0.5, 0.6) is 0 Å². The fourth-order valence-corrected chi connectivity index (χ4v) is 5.01. The fourth-order valence-electron chi connectivity index (χ4n) is 5.01. The summed E-state index contributed by atoms with van der Waals surface area (Å²) < 4.78 is 0. The maximum Gasteiger partial charge on any atom is -0.0238 e. The van der Waals surface area contributed by atoms with Crippen molar-refractivity contribution in [1.29, 1.82) is 0 Å². The van der Waals surface area contributed by atoms with E-state index in [1.165, 1.54) is 12.8 Å². The highest BCUT2D eigenvalue weighted by atomic mass is 14.7. The van der Waals surface area contributed by atoms with Crippen LogP contribution in [0.1, 0.15) is 89.0 Å². The Labute approximate surface area is 141 Å². The van der Waals surface area contributed by atoms with E-state index in [0.717, 1.165) is 41.4 Å². The van der Waals surface area contributed by atoms with Gasteiger partial charge >= 0.3 is 0 Å². The molecule has 0 nitrogen and oxygen atoms in total. The molecule has 0 aromatic heterocycles. The molecule has 0 bridgehead atoms. The van der Waals surface area contributed by atoms with Crippen LogP contribution < -0.4 is 0 Å². The molecule has 0 aromatic rings. The average molecular weight is 309 g/mol. The lowest BCUT2D eigenvalue weighted by Crippen LogP contribution is -2.38. The van der Waals surface area contributed by atoms with Crippen molar-refractivity contribution in [1.82, 2.24) is 0 Å². The third-order valence-electron chi connectivity index (χ3n) is 8.13. The van der Waals surface area contributed by atoms with Crippen LogP contribution in [-0.4, -0.2) is 0 Å². The maximum atomic E-state index is 2.58. The molecule has 1 saturated carbocycles. The molecule has 6 atom stereocenters. The van der Waals surface area contributed by atoms with Crippen LogP contribution in [0.25, 0.3) is 0 Å². The Kier molecular flexibility index (Phi) is 6.25. The normalized spacial score (nSPS) is 31.2. The summed E-state index contributed by atoms with van der Waals surface area (Å²) in [7, 11) is 0. The van der Waals surface area contributed by atoms with Crippen molar-refractivity contribution in [3.63, 3.8) is 0 Å². The van der Waals surface area contributed by atoms with Gasteiger partial charge in [-0.25, -0.2) is 0 Å². The summed E-state index contributed by atoms with van der Waals surface area (Å²) in [6.07, 6.45) is 2.82. The van der Waals surface area contributed by atoms with Crippen molar-refractivity contribution >= 4 is 0 Å². The van der Waals surface area contributed by atoms with Gasteiger partial charge in [-0.15, -0.1) is 0 Å². The lowest BCUT2D eigenvalue weighted by molar-refractivity contribution is 0.0428. The molecular formula is C22H44. The monoisotopic (exact) mass is 308 g/mol. The molecule has 6 unspecified atom stereocenters. The summed E-state index contributed by atoms with van der Waals surface area (Å²) in [5.74, 6) is 5.86. The van der Waals surface area contributed by atoms with Gasteiger partial charge in [0.05, 0.1) is 0 Å². The van der Waals surface area contributed by atoms with Gasteiger partial charge in [0.2, 0.25) is 0 Å². The molecule has 0 N–H and O–H groups in total. The highest BCUT2D eigenvalue weighted by molar-refractivity contribution is 5.11. The first-order valence-electron chi connectivity index (χ1n) is 9.86. The maximum absolute atomic E-state index is 2.58. The minimum Gasteiger partial charge on any atom is -0.0628 e. The van der Waals surface area contributed by atoms with E-state index in [-0.39, 0.29) is 0 Å². The van der Waals surface area contributed by atoms with Crippen LogP contribution in [-0.2, 0) is 0 Å². The molecule has 0 spiro atoms. The smallest absolute Gasteiger partial charge is 0.0238 e. The van der Waals surface area contributed by atoms with Gasteiger partial charge in [-0.2, -0.15) is 0 Å². The Morgan fingerprint density at radius 2 is 1.45 bits per heavy atom. The molecule has 1 rings (SSSR count). The van der Waals surface area contributed by atoms with Gasteiger partial charge in [0, 0.05) is 0 Å². The average Bonchev–Trinajstić information content (AvgIpc) is 3.09. The molecule has 0 heteroatoms. The third-order valence-corrected chi connectivity index (χ3v) is 8.13. The number of hydrogen-bond donors (Lipinski definition) is 0. The standard InChI is InChI=1S/C22H44/c1-14(2)12-16(5)18(7)20-13-22(20,11)21(9,10)19(8)17(6)15(3)4/h14-20H,12-13H2,1-11H3. The van der Waals surface area contributed by atoms with E-state index < -0.39 is 0 Å². The van der Waals surface area contributed by atoms with Crippen LogP contribution in [0.2, 0.25) is 0 Å². The SMILES string of the molecule is CC(C)CC(C)C(C)C1CC1(C)C(C)(C)C(C)C(C)C(C)C. The van der Waals surface area contributed by atoms with Crippen molar-refractivity contribution < 1.29 is 0 Å². The van der Waals surface area contributed by atoms with Gasteiger partial charge in [0.1, 0.15) is 0 Å². The van der Waals surface area contributed by atoms with Gasteiger partial charge < -0.3 is 0 Å². The van der Waals surface area contributed by atoms with Crippen molar-refractivity contribution in [2.24, 2.45) is 52.3 Å². The number of hydrogen-bond acceptors (Lipinski definition) is 0. The number of rotatable bonds is 8. The topological polar surface area (TPSA) is 0 Å². The highest BCUT2D eigenvalue weighted by Gasteiger charge is 2.62. The van der Waals surface area contributed by atoms with Crippen molar-refractivity contribution in [2.45, 2.75) is 89.0 Å². The van der Waals surface area contributed by atoms with Crippen LogP contribution in [0.15, 0.2) is 0 Å². The minimum atomic E-state index is 0.438. The quantitative estimate of drug-likeness (QED) is 0.442. The zero-order valence-corrected chi connectivity index (χ0v) is 17.5. The Hall–Kier alpha value is 0. The van der Waals surface area contributed by atoms with Crippen LogP contribution in [0.3, 0.4) is 0 Å². The summed E-state index contributed by atoms with van der Waals surface area (Å²) in [6.45, 7) is 27.2. The Balaban J connectivity index is 2.80. The first kappa shape index (κ1) is 20.0. The van der Waals surface area contributed by atoms with Gasteiger partial charge in [-0.05, 0) is 65.1 Å². The van der Waals surface area contributed by atoms with Crippen LogP contribution in [0.4, 0.5) is 0 Å². The minimum absolute atomic E-state index is 0.438. The summed E-state index contributed by atoms with van der Waals surface area (Å²) in [5, 5.41) is 0. The molecule has 0 radical (unpaired) electrons. The third kappa shape index (κ3) is 3.73. The predicted molar refractivity (Wildman–Crippen MR) is 101 cm³/mol. The molecule has 0 saturated heterocycles. The van der Waals surface area contributed by atoms with E-state index in [2.05, 4.69) is 76.2 Å². The van der Waals surface area contributed by atoms with E-state index in [9.17, 15) is 0 Å². The van der Waals surface area contributed by atoms with Crippen LogP contribution >= 0.6 is 0 Å². The second-order valence-corrected chi connectivity index (χ2v) is 10.3. The first-order valence-corrected chi connectivity index (χ1v) is 9.86. The second-order valence-electron chi connectivity index (χ2n) is 10.3. The Morgan fingerprint density at radius 3 is 1.86 bits per heavy atom. The van der Waals surface area contributed by atoms with Crippen molar-refractivity contribution in [3.05, 3.63) is 0 Å². The van der Waals surface area contributed by atoms with E-state index >= 15 is 0 Å². The summed E-state index contributed by atoms with van der Waals surface area (Å²) >= 11 is 0. The highest BCUT2D eigenvalue weighted by Crippen LogP contribution is 2.69. The lowest BCUT2D eigenvalue weighted by atomic mass is 9.61. The molecule has 0 aromatic carbocycles. The van der Waals surface area contributed by atoms with E-state index in [1.54, 1.807) is 0 Å². The van der Waals surface area contributed by atoms with Gasteiger partial charge in [-0.1, -0.05) is 76.2 Å². The molecule has 1 fully saturated rings. The Morgan fingerprint density at radius 1 is 0.955 bits per heavy atom. The Bertz CT molecular complexity index is 351. The van der Waals surface area contributed by atoms with E-state index in [0.29, 0.717) is 10.8 Å². The lowest BCUT2D eigenvalue weighted by Gasteiger charge is -2.44.